The van der Waals surface area contributed by atoms with Crippen LogP contribution < -0.4 is 5.73 Å². The number of nitrogen functional groups attached to an aromatic ring is 1. The lowest BCUT2D eigenvalue weighted by Gasteiger charge is -2.03. The first-order valence-electron chi connectivity index (χ1n) is 4.32. The number of carbonyl (C=O) groups is 1. The van der Waals surface area contributed by atoms with Crippen molar-refractivity contribution in [1.82, 2.24) is 4.57 Å². The number of ether oxygens (including phenoxy) is 1. The van der Waals surface area contributed by atoms with Crippen LogP contribution in [-0.4, -0.2) is 17.1 Å². The molecule has 0 saturated carbocycles. The van der Waals surface area contributed by atoms with Gasteiger partial charge in [-0.2, -0.15) is 0 Å². The zero-order chi connectivity index (χ0) is 9.84. The molecule has 0 amide bonds. The third-order valence-corrected chi connectivity index (χ3v) is 1.84. The van der Waals surface area contributed by atoms with Crippen molar-refractivity contribution in [1.29, 1.82) is 0 Å². The Balaban J connectivity index is 2.89. The summed E-state index contributed by atoms with van der Waals surface area (Å²) in [4.78, 5) is 11.3. The Labute approximate surface area is 77.3 Å². The molecule has 0 fully saturated rings. The predicted molar refractivity (Wildman–Crippen MR) is 50.5 cm³/mol. The minimum absolute atomic E-state index is 0.354. The zero-order valence-corrected chi connectivity index (χ0v) is 7.91. The van der Waals surface area contributed by atoms with E-state index in [1.165, 1.54) is 0 Å². The van der Waals surface area contributed by atoms with Gasteiger partial charge >= 0.3 is 5.97 Å². The standard InChI is InChI=1S/C9H14N2O2/c1-3-11-6-5-7(8(11)10)9(12)13-4-2/h5-6H,3-4,10H2,1-2H3. The van der Waals surface area contributed by atoms with Gasteiger partial charge in [-0.15, -0.1) is 0 Å². The van der Waals surface area contributed by atoms with Gasteiger partial charge in [0.2, 0.25) is 0 Å². The van der Waals surface area contributed by atoms with E-state index in [0.717, 1.165) is 6.54 Å². The molecule has 1 rings (SSSR count). The van der Waals surface area contributed by atoms with Crippen LogP contribution in [0, 0.1) is 0 Å². The molecule has 0 aliphatic heterocycles. The SMILES string of the molecule is CCOC(=O)c1ccn(CC)c1N. The van der Waals surface area contributed by atoms with Crippen LogP contribution in [0.3, 0.4) is 0 Å². The number of hydrogen-bond donors (Lipinski definition) is 1. The Bertz CT molecular complexity index is 305. The predicted octanol–water partition coefficient (Wildman–Crippen LogP) is 1.27. The van der Waals surface area contributed by atoms with Crippen LogP contribution in [0.2, 0.25) is 0 Å². The Morgan fingerprint density at radius 3 is 2.77 bits per heavy atom. The minimum Gasteiger partial charge on any atom is -0.462 e. The molecule has 1 aromatic heterocycles. The third kappa shape index (κ3) is 1.83. The fraction of sp³-hybridized carbons (Fsp3) is 0.444. The van der Waals surface area contributed by atoms with E-state index in [2.05, 4.69) is 0 Å². The summed E-state index contributed by atoms with van der Waals surface area (Å²) in [6.07, 6.45) is 1.78. The molecule has 0 saturated heterocycles. The largest absolute Gasteiger partial charge is 0.462 e. The van der Waals surface area contributed by atoms with Crippen molar-refractivity contribution in [3.05, 3.63) is 17.8 Å². The average Bonchev–Trinajstić information content (AvgIpc) is 2.47. The first kappa shape index (κ1) is 9.64. The Hall–Kier alpha value is -1.45. The molecule has 2 N–H and O–H groups in total. The molecule has 1 aromatic rings. The van der Waals surface area contributed by atoms with E-state index in [9.17, 15) is 4.79 Å². The summed E-state index contributed by atoms with van der Waals surface area (Å²) >= 11 is 0. The highest BCUT2D eigenvalue weighted by atomic mass is 16.5. The smallest absolute Gasteiger partial charge is 0.341 e. The molecule has 0 aliphatic carbocycles. The van der Waals surface area contributed by atoms with Gasteiger partial charge in [-0.25, -0.2) is 4.79 Å². The quantitative estimate of drug-likeness (QED) is 0.716. The maximum atomic E-state index is 11.3. The highest BCUT2D eigenvalue weighted by Crippen LogP contribution is 2.14. The van der Waals surface area contributed by atoms with E-state index in [1.807, 2.05) is 6.92 Å². The number of carbonyl (C=O) groups excluding carboxylic acids is 1. The first-order chi connectivity index (χ1) is 6.20. The van der Waals surface area contributed by atoms with E-state index in [0.29, 0.717) is 18.0 Å². The molecule has 0 aromatic carbocycles. The van der Waals surface area contributed by atoms with Crippen molar-refractivity contribution in [2.24, 2.45) is 0 Å². The fourth-order valence-electron chi connectivity index (χ4n) is 1.14. The van der Waals surface area contributed by atoms with Crippen molar-refractivity contribution in [3.8, 4) is 0 Å². The number of esters is 1. The molecule has 0 spiro atoms. The van der Waals surface area contributed by atoms with Crippen molar-refractivity contribution < 1.29 is 9.53 Å². The van der Waals surface area contributed by atoms with E-state index in [4.69, 9.17) is 10.5 Å². The van der Waals surface area contributed by atoms with Crippen molar-refractivity contribution >= 4 is 11.8 Å². The maximum Gasteiger partial charge on any atom is 0.341 e. The molecular formula is C9H14N2O2. The summed E-state index contributed by atoms with van der Waals surface area (Å²) < 4.78 is 6.63. The van der Waals surface area contributed by atoms with Crippen LogP contribution in [0.5, 0.6) is 0 Å². The zero-order valence-electron chi connectivity index (χ0n) is 7.91. The van der Waals surface area contributed by atoms with Crippen molar-refractivity contribution in [3.63, 3.8) is 0 Å². The van der Waals surface area contributed by atoms with Gasteiger partial charge in [0.15, 0.2) is 0 Å². The molecule has 0 radical (unpaired) electrons. The van der Waals surface area contributed by atoms with Gasteiger partial charge in [-0.1, -0.05) is 0 Å². The number of rotatable bonds is 3. The normalized spacial score (nSPS) is 10.0. The highest BCUT2D eigenvalue weighted by molar-refractivity contribution is 5.94. The van der Waals surface area contributed by atoms with Gasteiger partial charge in [0.1, 0.15) is 11.4 Å². The topological polar surface area (TPSA) is 57.2 Å². The van der Waals surface area contributed by atoms with Crippen LogP contribution in [-0.2, 0) is 11.3 Å². The molecule has 0 atom stereocenters. The number of nitrogens with two attached hydrogens (primary N) is 1. The minimum atomic E-state index is -0.354. The van der Waals surface area contributed by atoms with Crippen molar-refractivity contribution in [2.75, 3.05) is 12.3 Å². The van der Waals surface area contributed by atoms with Gasteiger partial charge in [-0.3, -0.25) is 0 Å². The Morgan fingerprint density at radius 2 is 2.31 bits per heavy atom. The summed E-state index contributed by atoms with van der Waals surface area (Å²) in [5.41, 5.74) is 6.16. The highest BCUT2D eigenvalue weighted by Gasteiger charge is 2.13. The Morgan fingerprint density at radius 1 is 1.62 bits per heavy atom. The van der Waals surface area contributed by atoms with Gasteiger partial charge in [0.25, 0.3) is 0 Å². The molecule has 4 heteroatoms. The van der Waals surface area contributed by atoms with Gasteiger partial charge in [0, 0.05) is 12.7 Å². The molecule has 0 bridgehead atoms. The van der Waals surface area contributed by atoms with Crippen LogP contribution in [0.1, 0.15) is 24.2 Å². The third-order valence-electron chi connectivity index (χ3n) is 1.84. The first-order valence-corrected chi connectivity index (χ1v) is 4.32. The van der Waals surface area contributed by atoms with Crippen LogP contribution >= 0.6 is 0 Å². The van der Waals surface area contributed by atoms with Crippen LogP contribution in [0.15, 0.2) is 12.3 Å². The van der Waals surface area contributed by atoms with E-state index < -0.39 is 0 Å². The second-order valence-corrected chi connectivity index (χ2v) is 2.62. The lowest BCUT2D eigenvalue weighted by Crippen LogP contribution is -2.08. The van der Waals surface area contributed by atoms with Gasteiger partial charge in [0.05, 0.1) is 6.61 Å². The summed E-state index contributed by atoms with van der Waals surface area (Å²) in [7, 11) is 0. The average molecular weight is 182 g/mol. The molecule has 72 valence electrons. The molecule has 13 heavy (non-hydrogen) atoms. The number of aryl methyl sites for hydroxylation is 1. The second-order valence-electron chi connectivity index (χ2n) is 2.62. The monoisotopic (exact) mass is 182 g/mol. The lowest BCUT2D eigenvalue weighted by molar-refractivity contribution is 0.0527. The summed E-state index contributed by atoms with van der Waals surface area (Å²) in [5.74, 6) is 0.119. The van der Waals surface area contributed by atoms with E-state index in [1.54, 1.807) is 23.8 Å². The molecule has 0 unspecified atom stereocenters. The number of hydrogen-bond acceptors (Lipinski definition) is 3. The molecule has 0 aliphatic rings. The number of aromatic nitrogens is 1. The summed E-state index contributed by atoms with van der Waals surface area (Å²) in [6, 6.07) is 1.68. The molecule has 4 nitrogen and oxygen atoms in total. The van der Waals surface area contributed by atoms with E-state index >= 15 is 0 Å². The number of anilines is 1. The van der Waals surface area contributed by atoms with Gasteiger partial charge < -0.3 is 15.0 Å². The fourth-order valence-corrected chi connectivity index (χ4v) is 1.14. The summed E-state index contributed by atoms with van der Waals surface area (Å²) in [5, 5.41) is 0. The summed E-state index contributed by atoms with van der Waals surface area (Å²) in [6.45, 7) is 4.86. The van der Waals surface area contributed by atoms with Crippen LogP contribution in [0.25, 0.3) is 0 Å². The van der Waals surface area contributed by atoms with Crippen LogP contribution in [0.4, 0.5) is 5.82 Å². The maximum absolute atomic E-state index is 11.3. The number of nitrogens with zero attached hydrogens (tertiary/aromatic N) is 1. The van der Waals surface area contributed by atoms with Crippen molar-refractivity contribution in [2.45, 2.75) is 20.4 Å². The molecular weight excluding hydrogens is 168 g/mol. The lowest BCUT2D eigenvalue weighted by atomic mass is 10.3. The Kier molecular flexibility index (Phi) is 2.95. The second kappa shape index (κ2) is 3.98. The molecule has 1 heterocycles. The van der Waals surface area contributed by atoms with E-state index in [-0.39, 0.29) is 5.97 Å². The van der Waals surface area contributed by atoms with Gasteiger partial charge in [-0.05, 0) is 19.9 Å².